The molecule has 1 rings (SSSR count). The normalized spacial score (nSPS) is 13.4. The first-order valence-electron chi connectivity index (χ1n) is 5.09. The minimum Gasteiger partial charge on any atom is -0.464 e. The van der Waals surface area contributed by atoms with Crippen molar-refractivity contribution in [2.24, 2.45) is 5.73 Å². The van der Waals surface area contributed by atoms with Gasteiger partial charge in [-0.2, -0.15) is 0 Å². The third-order valence-electron chi connectivity index (χ3n) is 2.25. The van der Waals surface area contributed by atoms with Gasteiger partial charge in [0.05, 0.1) is 12.6 Å². The number of rotatable bonds is 4. The monoisotopic (exact) mass is 301 g/mol. The third kappa shape index (κ3) is 3.81. The van der Waals surface area contributed by atoms with Crippen molar-refractivity contribution in [3.05, 3.63) is 35.1 Å². The predicted octanol–water partition coefficient (Wildman–Crippen LogP) is 2.43. The van der Waals surface area contributed by atoms with Crippen LogP contribution in [0, 0.1) is 17.5 Å². The molecule has 1 unspecified atom stereocenters. The Hall–Kier alpha value is -1.34. The van der Waals surface area contributed by atoms with Crippen LogP contribution in [0.1, 0.15) is 18.5 Å². The maximum atomic E-state index is 13.5. The van der Waals surface area contributed by atoms with Crippen LogP contribution in [0.4, 0.5) is 17.6 Å². The lowest BCUT2D eigenvalue weighted by molar-refractivity contribution is -0.150. The molecule has 1 aromatic carbocycles. The van der Waals surface area contributed by atoms with E-state index in [0.29, 0.717) is 6.07 Å². The number of esters is 1. The number of carbonyl (C=O) groups is 1. The van der Waals surface area contributed by atoms with E-state index in [1.807, 2.05) is 0 Å². The summed E-state index contributed by atoms with van der Waals surface area (Å²) in [6, 6.07) is -0.380. The van der Waals surface area contributed by atoms with E-state index in [9.17, 15) is 22.4 Å². The second-order valence-corrected chi connectivity index (χ2v) is 3.44. The second-order valence-electron chi connectivity index (χ2n) is 3.44. The fourth-order valence-corrected chi connectivity index (χ4v) is 1.32. The molecule has 0 aliphatic heterocycles. The largest absolute Gasteiger partial charge is 0.464 e. The van der Waals surface area contributed by atoms with Crippen molar-refractivity contribution in [2.75, 3.05) is 6.61 Å². The number of nitrogens with two attached hydrogens (primary N) is 1. The summed E-state index contributed by atoms with van der Waals surface area (Å²) < 4.78 is 56.7. The molecule has 108 valence electrons. The van der Waals surface area contributed by atoms with Crippen LogP contribution in [0.25, 0.3) is 0 Å². The molecular weight excluding hydrogens is 290 g/mol. The summed E-state index contributed by atoms with van der Waals surface area (Å²) in [6.45, 7) is 1.38. The fourth-order valence-electron chi connectivity index (χ4n) is 1.32. The number of halogens is 5. The van der Waals surface area contributed by atoms with Crippen LogP contribution in [-0.2, 0) is 9.53 Å². The lowest BCUT2D eigenvalue weighted by Crippen LogP contribution is -2.32. The standard InChI is InChI=1S/C11H11F4NO2.ClH/c1-2-18-11(17)9(15)10(16)5-3-4-6(12)8(14)7(5)13;/h3-4,9-10H,2,16H2,1H3;1H/t9?,10-;/m0./s1. The van der Waals surface area contributed by atoms with E-state index in [1.165, 1.54) is 6.92 Å². The molecule has 0 radical (unpaired) electrons. The minimum absolute atomic E-state index is 0. The highest BCUT2D eigenvalue weighted by Crippen LogP contribution is 2.24. The Labute approximate surface area is 113 Å². The van der Waals surface area contributed by atoms with Crippen molar-refractivity contribution in [2.45, 2.75) is 19.1 Å². The summed E-state index contributed by atoms with van der Waals surface area (Å²) >= 11 is 0. The number of hydrogen-bond acceptors (Lipinski definition) is 3. The van der Waals surface area contributed by atoms with Crippen molar-refractivity contribution < 1.29 is 27.1 Å². The van der Waals surface area contributed by atoms with Gasteiger partial charge in [-0.25, -0.2) is 22.4 Å². The highest BCUT2D eigenvalue weighted by Gasteiger charge is 2.31. The molecule has 0 saturated heterocycles. The minimum atomic E-state index is -2.36. The van der Waals surface area contributed by atoms with Gasteiger partial charge in [0.25, 0.3) is 0 Å². The van der Waals surface area contributed by atoms with Crippen LogP contribution in [0.3, 0.4) is 0 Å². The molecule has 19 heavy (non-hydrogen) atoms. The van der Waals surface area contributed by atoms with Crippen LogP contribution in [0.15, 0.2) is 12.1 Å². The maximum Gasteiger partial charge on any atom is 0.342 e. The molecule has 0 spiro atoms. The van der Waals surface area contributed by atoms with Gasteiger partial charge in [-0.05, 0) is 13.0 Å². The van der Waals surface area contributed by atoms with Crippen LogP contribution >= 0.6 is 12.4 Å². The van der Waals surface area contributed by atoms with E-state index in [0.717, 1.165) is 6.07 Å². The molecule has 0 heterocycles. The van der Waals surface area contributed by atoms with Crippen LogP contribution in [-0.4, -0.2) is 18.7 Å². The Morgan fingerprint density at radius 3 is 2.42 bits per heavy atom. The Morgan fingerprint density at radius 2 is 1.89 bits per heavy atom. The quantitative estimate of drug-likeness (QED) is 0.528. The Bertz CT molecular complexity index is 459. The topological polar surface area (TPSA) is 52.3 Å². The van der Waals surface area contributed by atoms with Gasteiger partial charge >= 0.3 is 5.97 Å². The molecule has 8 heteroatoms. The average Bonchev–Trinajstić information content (AvgIpc) is 2.35. The summed E-state index contributed by atoms with van der Waals surface area (Å²) in [4.78, 5) is 11.1. The Morgan fingerprint density at radius 1 is 1.32 bits per heavy atom. The Kier molecular flexibility index (Phi) is 6.78. The van der Waals surface area contributed by atoms with E-state index >= 15 is 0 Å². The maximum absolute atomic E-state index is 13.5. The summed E-state index contributed by atoms with van der Waals surface area (Å²) in [5.74, 6) is -6.09. The first kappa shape index (κ1) is 17.7. The van der Waals surface area contributed by atoms with Crippen molar-refractivity contribution >= 4 is 18.4 Å². The highest BCUT2D eigenvalue weighted by molar-refractivity contribution is 5.85. The van der Waals surface area contributed by atoms with Gasteiger partial charge in [0.1, 0.15) is 0 Å². The first-order chi connectivity index (χ1) is 8.40. The van der Waals surface area contributed by atoms with Crippen molar-refractivity contribution in [3.63, 3.8) is 0 Å². The molecule has 0 bridgehead atoms. The number of hydrogen-bond donors (Lipinski definition) is 1. The van der Waals surface area contributed by atoms with Crippen LogP contribution in [0.5, 0.6) is 0 Å². The molecular formula is C11H12ClF4NO2. The number of carbonyl (C=O) groups excluding carboxylic acids is 1. The van der Waals surface area contributed by atoms with Crippen molar-refractivity contribution in [3.8, 4) is 0 Å². The van der Waals surface area contributed by atoms with Crippen molar-refractivity contribution in [1.29, 1.82) is 0 Å². The molecule has 0 fully saturated rings. The number of alkyl halides is 1. The molecule has 2 N–H and O–H groups in total. The summed E-state index contributed by atoms with van der Waals surface area (Å²) in [5, 5.41) is 0. The second kappa shape index (κ2) is 7.30. The lowest BCUT2D eigenvalue weighted by Gasteiger charge is -2.16. The molecule has 0 aliphatic rings. The van der Waals surface area contributed by atoms with E-state index in [1.54, 1.807) is 0 Å². The van der Waals surface area contributed by atoms with E-state index in [2.05, 4.69) is 4.74 Å². The zero-order valence-electron chi connectivity index (χ0n) is 9.83. The van der Waals surface area contributed by atoms with Gasteiger partial charge in [0.15, 0.2) is 17.5 Å². The SMILES string of the molecule is CCOC(=O)C(F)[C@@H](N)c1ccc(F)c(F)c1F.Cl. The van der Waals surface area contributed by atoms with E-state index < -0.39 is 41.2 Å². The van der Waals surface area contributed by atoms with Gasteiger partial charge < -0.3 is 10.5 Å². The summed E-state index contributed by atoms with van der Waals surface area (Å²) in [7, 11) is 0. The third-order valence-corrected chi connectivity index (χ3v) is 2.25. The van der Waals surface area contributed by atoms with Gasteiger partial charge in [-0.15, -0.1) is 12.4 Å². The summed E-state index contributed by atoms with van der Waals surface area (Å²) in [6.07, 6.45) is -2.36. The number of benzene rings is 1. The van der Waals surface area contributed by atoms with Gasteiger partial charge in [0.2, 0.25) is 6.17 Å². The molecule has 2 atom stereocenters. The average molecular weight is 302 g/mol. The van der Waals surface area contributed by atoms with Gasteiger partial charge in [-0.3, -0.25) is 0 Å². The van der Waals surface area contributed by atoms with Gasteiger partial charge in [0, 0.05) is 5.56 Å². The zero-order chi connectivity index (χ0) is 13.9. The van der Waals surface area contributed by atoms with Crippen molar-refractivity contribution in [1.82, 2.24) is 0 Å². The molecule has 3 nitrogen and oxygen atoms in total. The van der Waals surface area contributed by atoms with E-state index in [-0.39, 0.29) is 19.0 Å². The molecule has 0 saturated carbocycles. The molecule has 0 aromatic heterocycles. The van der Waals surface area contributed by atoms with Gasteiger partial charge in [-0.1, -0.05) is 6.07 Å². The van der Waals surface area contributed by atoms with Crippen LogP contribution in [0.2, 0.25) is 0 Å². The number of ether oxygens (including phenoxy) is 1. The van der Waals surface area contributed by atoms with Crippen LogP contribution < -0.4 is 5.73 Å². The molecule has 0 aliphatic carbocycles. The fraction of sp³-hybridized carbons (Fsp3) is 0.364. The zero-order valence-corrected chi connectivity index (χ0v) is 10.6. The summed E-state index contributed by atoms with van der Waals surface area (Å²) in [5.41, 5.74) is 4.65. The molecule has 0 amide bonds. The smallest absolute Gasteiger partial charge is 0.342 e. The Balaban J connectivity index is 0.00000324. The predicted molar refractivity (Wildman–Crippen MR) is 62.0 cm³/mol. The first-order valence-corrected chi connectivity index (χ1v) is 5.09. The van der Waals surface area contributed by atoms with E-state index in [4.69, 9.17) is 5.73 Å². The lowest BCUT2D eigenvalue weighted by atomic mass is 10.0. The molecule has 1 aromatic rings. The highest BCUT2D eigenvalue weighted by atomic mass is 35.5.